The standard InChI is InChI=1S/C28H28N4O3/c1-20-5-4-6-22(17-20)32-25(26(28(34)35)23-7-2-3-8-24(23)27(32)33)19-31-15-13-30(14-16-31)18-21-9-11-29-12-10-21/h2-12,17H,13-16,18-19H2,1H3,(H,34,35). The number of hydrogen-bond donors (Lipinski definition) is 1. The van der Waals surface area contributed by atoms with E-state index < -0.39 is 5.97 Å². The fourth-order valence-electron chi connectivity index (χ4n) is 4.89. The molecule has 4 aromatic rings. The molecule has 7 heteroatoms. The Labute approximate surface area is 203 Å². The summed E-state index contributed by atoms with van der Waals surface area (Å²) in [7, 11) is 0. The average molecular weight is 469 g/mol. The molecule has 2 aromatic carbocycles. The Morgan fingerprint density at radius 2 is 1.54 bits per heavy atom. The lowest BCUT2D eigenvalue weighted by Crippen LogP contribution is -2.46. The Balaban J connectivity index is 1.52. The zero-order valence-electron chi connectivity index (χ0n) is 19.7. The molecule has 0 amide bonds. The number of aromatic carboxylic acids is 1. The number of hydrogen-bond acceptors (Lipinski definition) is 5. The van der Waals surface area contributed by atoms with Gasteiger partial charge in [0.25, 0.3) is 5.56 Å². The van der Waals surface area contributed by atoms with Gasteiger partial charge in [0.2, 0.25) is 0 Å². The van der Waals surface area contributed by atoms with Crippen LogP contribution in [-0.4, -0.2) is 56.6 Å². The van der Waals surface area contributed by atoms with Crippen molar-refractivity contribution < 1.29 is 9.90 Å². The van der Waals surface area contributed by atoms with Crippen LogP contribution in [0.15, 0.2) is 77.9 Å². The molecule has 1 aliphatic heterocycles. The lowest BCUT2D eigenvalue weighted by atomic mass is 10.0. The molecule has 3 heterocycles. The van der Waals surface area contributed by atoms with Crippen LogP contribution in [0.5, 0.6) is 0 Å². The number of carboxylic acid groups (broad SMARTS) is 1. The Hall–Kier alpha value is -3.81. The lowest BCUT2D eigenvalue weighted by molar-refractivity contribution is 0.0693. The van der Waals surface area contributed by atoms with Gasteiger partial charge in [-0.25, -0.2) is 4.79 Å². The first kappa shape index (κ1) is 23.0. The minimum Gasteiger partial charge on any atom is -0.478 e. The van der Waals surface area contributed by atoms with Crippen LogP contribution in [0.2, 0.25) is 0 Å². The molecule has 1 aliphatic rings. The third-order valence-electron chi connectivity index (χ3n) is 6.66. The fourth-order valence-corrected chi connectivity index (χ4v) is 4.89. The first-order valence-electron chi connectivity index (χ1n) is 11.8. The lowest BCUT2D eigenvalue weighted by Gasteiger charge is -2.35. The van der Waals surface area contributed by atoms with E-state index >= 15 is 0 Å². The molecular weight excluding hydrogens is 440 g/mol. The van der Waals surface area contributed by atoms with Crippen LogP contribution < -0.4 is 5.56 Å². The van der Waals surface area contributed by atoms with E-state index in [1.54, 1.807) is 28.8 Å². The van der Waals surface area contributed by atoms with Gasteiger partial charge in [-0.1, -0.05) is 30.3 Å². The van der Waals surface area contributed by atoms with Gasteiger partial charge in [-0.3, -0.25) is 24.1 Å². The van der Waals surface area contributed by atoms with Crippen LogP contribution in [0.3, 0.4) is 0 Å². The molecule has 1 saturated heterocycles. The largest absolute Gasteiger partial charge is 0.478 e. The second-order valence-electron chi connectivity index (χ2n) is 9.06. The predicted molar refractivity (Wildman–Crippen MR) is 136 cm³/mol. The van der Waals surface area contributed by atoms with Crippen molar-refractivity contribution in [3.05, 3.63) is 106 Å². The fraction of sp³-hybridized carbons (Fsp3) is 0.250. The van der Waals surface area contributed by atoms with Gasteiger partial charge < -0.3 is 5.11 Å². The molecule has 1 fully saturated rings. The van der Waals surface area contributed by atoms with E-state index in [4.69, 9.17) is 0 Å². The highest BCUT2D eigenvalue weighted by Crippen LogP contribution is 2.25. The number of aryl methyl sites for hydroxylation is 1. The van der Waals surface area contributed by atoms with E-state index in [2.05, 4.69) is 14.8 Å². The SMILES string of the molecule is Cc1cccc(-n2c(CN3CCN(Cc4ccncc4)CC3)c(C(=O)O)c3ccccc3c2=O)c1. The van der Waals surface area contributed by atoms with E-state index in [0.29, 0.717) is 28.7 Å². The maximum absolute atomic E-state index is 13.7. The second kappa shape index (κ2) is 9.82. The van der Waals surface area contributed by atoms with Crippen molar-refractivity contribution in [2.45, 2.75) is 20.0 Å². The van der Waals surface area contributed by atoms with Crippen LogP contribution in [-0.2, 0) is 13.1 Å². The van der Waals surface area contributed by atoms with E-state index in [1.807, 2.05) is 55.7 Å². The number of piperazine rings is 1. The smallest absolute Gasteiger partial charge is 0.338 e. The van der Waals surface area contributed by atoms with Gasteiger partial charge in [-0.05, 0) is 48.4 Å². The molecule has 0 aliphatic carbocycles. The summed E-state index contributed by atoms with van der Waals surface area (Å²) in [5, 5.41) is 11.2. The van der Waals surface area contributed by atoms with Crippen LogP contribution in [0.25, 0.3) is 16.5 Å². The van der Waals surface area contributed by atoms with E-state index in [9.17, 15) is 14.7 Å². The quantitative estimate of drug-likeness (QED) is 0.465. The zero-order valence-corrected chi connectivity index (χ0v) is 19.7. The number of rotatable bonds is 6. The molecule has 2 aromatic heterocycles. The van der Waals surface area contributed by atoms with Crippen LogP contribution in [0.4, 0.5) is 0 Å². The Morgan fingerprint density at radius 1 is 0.886 bits per heavy atom. The van der Waals surface area contributed by atoms with E-state index in [-0.39, 0.29) is 11.1 Å². The summed E-state index contributed by atoms with van der Waals surface area (Å²) >= 11 is 0. The number of benzene rings is 2. The van der Waals surface area contributed by atoms with Crippen molar-refractivity contribution in [3.8, 4) is 5.69 Å². The zero-order chi connectivity index (χ0) is 24.4. The normalized spacial score (nSPS) is 14.9. The molecule has 1 N–H and O–H groups in total. The predicted octanol–water partition coefficient (Wildman–Crippen LogP) is 3.71. The number of nitrogens with zero attached hydrogens (tertiary/aromatic N) is 4. The summed E-state index contributed by atoms with van der Waals surface area (Å²) in [5.74, 6) is -1.02. The van der Waals surface area contributed by atoms with Gasteiger partial charge in [-0.15, -0.1) is 0 Å². The highest BCUT2D eigenvalue weighted by atomic mass is 16.4. The van der Waals surface area contributed by atoms with Crippen molar-refractivity contribution in [3.63, 3.8) is 0 Å². The summed E-state index contributed by atoms with van der Waals surface area (Å²) < 4.78 is 1.60. The molecule has 0 unspecified atom stereocenters. The molecule has 7 nitrogen and oxygen atoms in total. The monoisotopic (exact) mass is 468 g/mol. The van der Waals surface area contributed by atoms with Gasteiger partial charge >= 0.3 is 5.97 Å². The molecule has 0 saturated carbocycles. The molecule has 0 atom stereocenters. The summed E-state index contributed by atoms with van der Waals surface area (Å²) in [6, 6.07) is 18.7. The van der Waals surface area contributed by atoms with Crippen LogP contribution in [0, 0.1) is 6.92 Å². The third kappa shape index (κ3) is 4.73. The van der Waals surface area contributed by atoms with Crippen LogP contribution >= 0.6 is 0 Å². The number of aromatic nitrogens is 2. The highest BCUT2D eigenvalue weighted by molar-refractivity contribution is 6.04. The highest BCUT2D eigenvalue weighted by Gasteiger charge is 2.25. The maximum Gasteiger partial charge on any atom is 0.338 e. The Bertz CT molecular complexity index is 1420. The molecule has 35 heavy (non-hydrogen) atoms. The van der Waals surface area contributed by atoms with Gasteiger partial charge in [-0.2, -0.15) is 0 Å². The van der Waals surface area contributed by atoms with Gasteiger partial charge in [0, 0.05) is 68.1 Å². The van der Waals surface area contributed by atoms with Gasteiger partial charge in [0.1, 0.15) is 0 Å². The van der Waals surface area contributed by atoms with Crippen molar-refractivity contribution in [1.82, 2.24) is 19.4 Å². The second-order valence-corrected chi connectivity index (χ2v) is 9.06. The molecule has 5 rings (SSSR count). The first-order valence-corrected chi connectivity index (χ1v) is 11.8. The van der Waals surface area contributed by atoms with Crippen molar-refractivity contribution in [1.29, 1.82) is 0 Å². The van der Waals surface area contributed by atoms with Crippen molar-refractivity contribution in [2.75, 3.05) is 26.2 Å². The summed E-state index contributed by atoms with van der Waals surface area (Å²) in [4.78, 5) is 34.9. The topological polar surface area (TPSA) is 78.7 Å². The Kier molecular flexibility index (Phi) is 6.44. The van der Waals surface area contributed by atoms with E-state index in [0.717, 1.165) is 38.3 Å². The van der Waals surface area contributed by atoms with Gasteiger partial charge in [0.15, 0.2) is 0 Å². The molecule has 0 bridgehead atoms. The maximum atomic E-state index is 13.7. The Morgan fingerprint density at radius 3 is 2.20 bits per heavy atom. The first-order chi connectivity index (χ1) is 17.0. The minimum atomic E-state index is -1.02. The average Bonchev–Trinajstić information content (AvgIpc) is 2.86. The van der Waals surface area contributed by atoms with Gasteiger partial charge in [0.05, 0.1) is 11.3 Å². The summed E-state index contributed by atoms with van der Waals surface area (Å²) in [6.45, 7) is 6.53. The summed E-state index contributed by atoms with van der Waals surface area (Å²) in [5.41, 5.74) is 3.45. The number of carboxylic acids is 1. The van der Waals surface area contributed by atoms with Crippen LogP contribution in [0.1, 0.15) is 27.2 Å². The molecular formula is C28H28N4O3. The minimum absolute atomic E-state index is 0.192. The van der Waals surface area contributed by atoms with Crippen molar-refractivity contribution >= 4 is 16.7 Å². The summed E-state index contributed by atoms with van der Waals surface area (Å²) in [6.07, 6.45) is 3.62. The number of fused-ring (bicyclic) bond motifs is 1. The molecule has 0 radical (unpaired) electrons. The third-order valence-corrected chi connectivity index (χ3v) is 6.66. The van der Waals surface area contributed by atoms with E-state index in [1.165, 1.54) is 5.56 Å². The number of pyridine rings is 2. The molecule has 0 spiro atoms. The van der Waals surface area contributed by atoms with Crippen molar-refractivity contribution in [2.24, 2.45) is 0 Å². The number of carbonyl (C=O) groups is 1. The molecule has 178 valence electrons.